The van der Waals surface area contributed by atoms with E-state index in [9.17, 15) is 5.11 Å². The maximum absolute atomic E-state index is 10.6. The lowest BCUT2D eigenvalue weighted by Gasteiger charge is -2.25. The average Bonchev–Trinajstić information content (AvgIpc) is 2.74. The molecule has 18 heavy (non-hydrogen) atoms. The van der Waals surface area contributed by atoms with Crippen molar-refractivity contribution in [1.82, 2.24) is 0 Å². The predicted octanol–water partition coefficient (Wildman–Crippen LogP) is 4.44. The lowest BCUT2D eigenvalue weighted by atomic mass is 9.82. The van der Waals surface area contributed by atoms with Gasteiger partial charge in [0.05, 0.1) is 0 Å². The van der Waals surface area contributed by atoms with Gasteiger partial charge >= 0.3 is 0 Å². The molecule has 1 unspecified atom stereocenters. The minimum atomic E-state index is -0.515. The highest BCUT2D eigenvalue weighted by molar-refractivity contribution is 7.12. The van der Waals surface area contributed by atoms with Gasteiger partial charge in [-0.05, 0) is 35.6 Å². The van der Waals surface area contributed by atoms with Crippen molar-refractivity contribution in [3.63, 3.8) is 0 Å². The van der Waals surface area contributed by atoms with Gasteiger partial charge in [0.25, 0.3) is 0 Å². The van der Waals surface area contributed by atoms with E-state index < -0.39 is 6.10 Å². The van der Waals surface area contributed by atoms with Crippen LogP contribution < -0.4 is 0 Å². The van der Waals surface area contributed by atoms with Crippen molar-refractivity contribution >= 4 is 11.3 Å². The van der Waals surface area contributed by atoms with E-state index in [1.807, 2.05) is 24.3 Å². The summed E-state index contributed by atoms with van der Waals surface area (Å²) in [7, 11) is 0. The standard InChI is InChI=1S/C16H20OS/c1-11-9-10-14(18-11)15(17)12-7-5-6-8-13(12)16(2,3)4/h5-10,15,17H,1-4H3. The van der Waals surface area contributed by atoms with Gasteiger partial charge in [0.15, 0.2) is 0 Å². The number of thiophene rings is 1. The predicted molar refractivity (Wildman–Crippen MR) is 78.3 cm³/mol. The molecule has 0 aliphatic heterocycles. The molecule has 1 aromatic carbocycles. The van der Waals surface area contributed by atoms with Crippen LogP contribution in [-0.4, -0.2) is 5.11 Å². The van der Waals surface area contributed by atoms with Crippen LogP contribution in [0.2, 0.25) is 0 Å². The third-order valence-electron chi connectivity index (χ3n) is 3.09. The van der Waals surface area contributed by atoms with Crippen LogP contribution in [0, 0.1) is 6.92 Å². The first-order valence-electron chi connectivity index (χ1n) is 6.23. The zero-order valence-corrected chi connectivity index (χ0v) is 12.2. The van der Waals surface area contributed by atoms with Crippen LogP contribution in [-0.2, 0) is 5.41 Å². The van der Waals surface area contributed by atoms with Crippen LogP contribution in [0.5, 0.6) is 0 Å². The van der Waals surface area contributed by atoms with Crippen LogP contribution in [0.15, 0.2) is 36.4 Å². The molecule has 96 valence electrons. The quantitative estimate of drug-likeness (QED) is 0.846. The second-order valence-electron chi connectivity index (χ2n) is 5.69. The molecule has 1 atom stereocenters. The first kappa shape index (κ1) is 13.3. The van der Waals surface area contributed by atoms with Gasteiger partial charge in [-0.15, -0.1) is 11.3 Å². The lowest BCUT2D eigenvalue weighted by Crippen LogP contribution is -2.16. The van der Waals surface area contributed by atoms with Gasteiger partial charge in [-0.3, -0.25) is 0 Å². The van der Waals surface area contributed by atoms with Crippen molar-refractivity contribution in [2.75, 3.05) is 0 Å². The Kier molecular flexibility index (Phi) is 3.60. The Bertz CT molecular complexity index is 534. The summed E-state index contributed by atoms with van der Waals surface area (Å²) >= 11 is 1.66. The van der Waals surface area contributed by atoms with E-state index in [0.29, 0.717) is 0 Å². The summed E-state index contributed by atoms with van der Waals surface area (Å²) in [6.07, 6.45) is -0.515. The van der Waals surface area contributed by atoms with E-state index in [4.69, 9.17) is 0 Å². The summed E-state index contributed by atoms with van der Waals surface area (Å²) in [5.74, 6) is 0. The number of hydrogen-bond acceptors (Lipinski definition) is 2. The SMILES string of the molecule is Cc1ccc(C(O)c2ccccc2C(C)(C)C)s1. The molecule has 1 aromatic heterocycles. The van der Waals surface area contributed by atoms with Gasteiger partial charge in [0.1, 0.15) is 6.10 Å². The molecular weight excluding hydrogens is 240 g/mol. The zero-order valence-electron chi connectivity index (χ0n) is 11.4. The third-order valence-corrected chi connectivity index (χ3v) is 4.15. The Labute approximate surface area is 113 Å². The molecule has 2 aromatic rings. The molecule has 0 radical (unpaired) electrons. The second-order valence-corrected chi connectivity index (χ2v) is 7.01. The Morgan fingerprint density at radius 3 is 2.28 bits per heavy atom. The molecular formula is C16H20OS. The van der Waals surface area contributed by atoms with E-state index >= 15 is 0 Å². The summed E-state index contributed by atoms with van der Waals surface area (Å²) in [5, 5.41) is 10.6. The molecule has 0 saturated carbocycles. The average molecular weight is 260 g/mol. The lowest BCUT2D eigenvalue weighted by molar-refractivity contribution is 0.221. The van der Waals surface area contributed by atoms with E-state index in [1.54, 1.807) is 11.3 Å². The zero-order chi connectivity index (χ0) is 13.3. The number of hydrogen-bond donors (Lipinski definition) is 1. The molecule has 0 fully saturated rings. The Morgan fingerprint density at radius 1 is 1.06 bits per heavy atom. The van der Waals surface area contributed by atoms with Gasteiger partial charge in [0.2, 0.25) is 0 Å². The van der Waals surface area contributed by atoms with Crippen molar-refractivity contribution in [3.05, 3.63) is 57.3 Å². The highest BCUT2D eigenvalue weighted by Crippen LogP contribution is 2.34. The Morgan fingerprint density at radius 2 is 1.72 bits per heavy atom. The topological polar surface area (TPSA) is 20.2 Å². The molecule has 1 nitrogen and oxygen atoms in total. The van der Waals surface area contributed by atoms with Gasteiger partial charge in [-0.25, -0.2) is 0 Å². The number of aliphatic hydroxyl groups is 1. The highest BCUT2D eigenvalue weighted by Gasteiger charge is 2.22. The fraction of sp³-hybridized carbons (Fsp3) is 0.375. The number of benzene rings is 1. The molecule has 0 aliphatic rings. The maximum atomic E-state index is 10.6. The summed E-state index contributed by atoms with van der Waals surface area (Å²) in [4.78, 5) is 2.25. The molecule has 1 N–H and O–H groups in total. The maximum Gasteiger partial charge on any atom is 0.113 e. The molecule has 0 amide bonds. The van der Waals surface area contributed by atoms with Crippen LogP contribution >= 0.6 is 11.3 Å². The van der Waals surface area contributed by atoms with E-state index in [2.05, 4.69) is 39.8 Å². The summed E-state index contributed by atoms with van der Waals surface area (Å²) < 4.78 is 0. The molecule has 0 saturated heterocycles. The molecule has 0 spiro atoms. The normalized spacial score (nSPS) is 13.6. The first-order chi connectivity index (χ1) is 8.39. The fourth-order valence-corrected chi connectivity index (χ4v) is 3.05. The number of aliphatic hydroxyl groups excluding tert-OH is 1. The summed E-state index contributed by atoms with van der Waals surface area (Å²) in [6.45, 7) is 8.60. The van der Waals surface area contributed by atoms with Crippen molar-refractivity contribution in [2.24, 2.45) is 0 Å². The molecule has 0 bridgehead atoms. The number of aryl methyl sites for hydroxylation is 1. The number of rotatable bonds is 2. The molecule has 2 heteroatoms. The van der Waals surface area contributed by atoms with Crippen molar-refractivity contribution < 1.29 is 5.11 Å². The van der Waals surface area contributed by atoms with Gasteiger partial charge in [0, 0.05) is 9.75 Å². The van der Waals surface area contributed by atoms with Crippen LogP contribution in [0.1, 0.15) is 47.8 Å². The second kappa shape index (κ2) is 4.87. The Balaban J connectivity index is 2.45. The summed E-state index contributed by atoms with van der Waals surface area (Å²) in [6, 6.07) is 12.2. The Hall–Kier alpha value is -1.12. The molecule has 0 aliphatic carbocycles. The van der Waals surface area contributed by atoms with Gasteiger partial charge in [-0.2, -0.15) is 0 Å². The van der Waals surface area contributed by atoms with E-state index in [1.165, 1.54) is 10.4 Å². The van der Waals surface area contributed by atoms with Crippen LogP contribution in [0.25, 0.3) is 0 Å². The largest absolute Gasteiger partial charge is 0.383 e. The third kappa shape index (κ3) is 2.65. The monoisotopic (exact) mass is 260 g/mol. The summed E-state index contributed by atoms with van der Waals surface area (Å²) in [5.41, 5.74) is 2.28. The highest BCUT2D eigenvalue weighted by atomic mass is 32.1. The van der Waals surface area contributed by atoms with Crippen LogP contribution in [0.3, 0.4) is 0 Å². The molecule has 1 heterocycles. The smallest absolute Gasteiger partial charge is 0.113 e. The van der Waals surface area contributed by atoms with Gasteiger partial charge in [-0.1, -0.05) is 45.0 Å². The first-order valence-corrected chi connectivity index (χ1v) is 7.05. The minimum Gasteiger partial charge on any atom is -0.383 e. The van der Waals surface area contributed by atoms with Crippen LogP contribution in [0.4, 0.5) is 0 Å². The van der Waals surface area contributed by atoms with Crippen molar-refractivity contribution in [3.8, 4) is 0 Å². The molecule has 2 rings (SSSR count). The van der Waals surface area contributed by atoms with Crippen molar-refractivity contribution in [1.29, 1.82) is 0 Å². The fourth-order valence-electron chi connectivity index (χ4n) is 2.17. The van der Waals surface area contributed by atoms with E-state index in [0.717, 1.165) is 10.4 Å². The van der Waals surface area contributed by atoms with Crippen molar-refractivity contribution in [2.45, 2.75) is 39.2 Å². The van der Waals surface area contributed by atoms with Gasteiger partial charge < -0.3 is 5.11 Å². The minimum absolute atomic E-state index is 0.0455. The van der Waals surface area contributed by atoms with E-state index in [-0.39, 0.29) is 5.41 Å².